The van der Waals surface area contributed by atoms with Gasteiger partial charge in [-0.1, -0.05) is 48.3 Å². The molecule has 2 aromatic rings. The van der Waals surface area contributed by atoms with Crippen molar-refractivity contribution in [2.45, 2.75) is 19.4 Å². The van der Waals surface area contributed by atoms with Crippen LogP contribution in [0.15, 0.2) is 42.5 Å². The van der Waals surface area contributed by atoms with Crippen molar-refractivity contribution in [1.29, 1.82) is 0 Å². The molecule has 0 bridgehead atoms. The number of hydrogen-bond donors (Lipinski definition) is 2. The van der Waals surface area contributed by atoms with Crippen LogP contribution in [-0.4, -0.2) is 11.7 Å². The third-order valence-corrected chi connectivity index (χ3v) is 3.89. The van der Waals surface area contributed by atoms with Crippen molar-refractivity contribution in [3.8, 4) is 5.75 Å². The van der Waals surface area contributed by atoms with Crippen molar-refractivity contribution in [3.63, 3.8) is 0 Å². The summed E-state index contributed by atoms with van der Waals surface area (Å²) in [5.74, 6) is 0.284. The maximum atomic E-state index is 9.55. The number of halogens is 2. The van der Waals surface area contributed by atoms with Gasteiger partial charge in [-0.3, -0.25) is 0 Å². The van der Waals surface area contributed by atoms with Crippen molar-refractivity contribution in [1.82, 2.24) is 5.32 Å². The van der Waals surface area contributed by atoms with E-state index in [0.717, 1.165) is 24.1 Å². The third-order valence-electron chi connectivity index (χ3n) is 3.15. The Hall–Kier alpha value is -1.22. The minimum Gasteiger partial charge on any atom is -0.508 e. The van der Waals surface area contributed by atoms with Crippen LogP contribution in [0.25, 0.3) is 0 Å². The molecule has 0 aliphatic rings. The van der Waals surface area contributed by atoms with Gasteiger partial charge in [0.2, 0.25) is 0 Å². The van der Waals surface area contributed by atoms with Gasteiger partial charge in [0.05, 0.1) is 10.0 Å². The Balaban J connectivity index is 2.24. The van der Waals surface area contributed by atoms with Crippen molar-refractivity contribution in [2.75, 3.05) is 6.54 Å². The quantitative estimate of drug-likeness (QED) is 0.846. The molecule has 106 valence electrons. The normalized spacial score (nSPS) is 12.3. The van der Waals surface area contributed by atoms with E-state index in [-0.39, 0.29) is 11.8 Å². The second-order valence-corrected chi connectivity index (χ2v) is 5.47. The summed E-state index contributed by atoms with van der Waals surface area (Å²) in [5, 5.41) is 14.1. The second kappa shape index (κ2) is 6.98. The summed E-state index contributed by atoms with van der Waals surface area (Å²) in [4.78, 5) is 0. The molecule has 0 amide bonds. The Morgan fingerprint density at radius 1 is 1.10 bits per heavy atom. The molecule has 0 saturated carbocycles. The molecule has 1 atom stereocenters. The Bertz CT molecular complexity index is 586. The molecule has 0 saturated heterocycles. The van der Waals surface area contributed by atoms with Crippen LogP contribution in [0.1, 0.15) is 24.1 Å². The molecular formula is C16H17Cl2NO. The van der Waals surface area contributed by atoms with E-state index in [2.05, 4.69) is 12.2 Å². The lowest BCUT2D eigenvalue weighted by Gasteiger charge is -2.19. The minimum atomic E-state index is 0.136. The largest absolute Gasteiger partial charge is 0.508 e. The number of benzene rings is 2. The molecule has 2 N–H and O–H groups in total. The van der Waals surface area contributed by atoms with E-state index in [1.165, 1.54) is 0 Å². The van der Waals surface area contributed by atoms with E-state index >= 15 is 0 Å². The monoisotopic (exact) mass is 309 g/mol. The van der Waals surface area contributed by atoms with Gasteiger partial charge in [-0.2, -0.15) is 0 Å². The van der Waals surface area contributed by atoms with Gasteiger partial charge in [-0.05, 0) is 48.4 Å². The van der Waals surface area contributed by atoms with Gasteiger partial charge in [-0.25, -0.2) is 0 Å². The zero-order valence-electron chi connectivity index (χ0n) is 11.2. The lowest BCUT2D eigenvalue weighted by molar-refractivity contribution is 0.473. The summed E-state index contributed by atoms with van der Waals surface area (Å²) in [6.07, 6.45) is 0.778. The first kappa shape index (κ1) is 15.2. The maximum absolute atomic E-state index is 9.55. The van der Waals surface area contributed by atoms with Gasteiger partial charge in [0.25, 0.3) is 0 Å². The molecule has 0 spiro atoms. The summed E-state index contributed by atoms with van der Waals surface area (Å²) in [6.45, 7) is 2.91. The van der Waals surface area contributed by atoms with Crippen molar-refractivity contribution in [3.05, 3.63) is 63.6 Å². The standard InChI is InChI=1S/C16H17Cl2NO/c1-2-19-16(9-11-4-3-5-13(20)8-11)12-6-7-14(17)15(18)10-12/h3-8,10,16,19-20H,2,9H2,1H3. The van der Waals surface area contributed by atoms with Gasteiger partial charge in [0.1, 0.15) is 5.75 Å². The lowest BCUT2D eigenvalue weighted by Crippen LogP contribution is -2.22. The Kier molecular flexibility index (Phi) is 5.30. The number of phenols is 1. The van der Waals surface area contributed by atoms with Crippen LogP contribution in [-0.2, 0) is 6.42 Å². The predicted molar refractivity (Wildman–Crippen MR) is 84.7 cm³/mol. The zero-order valence-corrected chi connectivity index (χ0v) is 12.7. The first-order chi connectivity index (χ1) is 9.60. The average Bonchev–Trinajstić information content (AvgIpc) is 2.41. The van der Waals surface area contributed by atoms with Crippen LogP contribution in [0.3, 0.4) is 0 Å². The highest BCUT2D eigenvalue weighted by Gasteiger charge is 2.13. The number of phenolic OH excluding ortho intramolecular Hbond substituents is 1. The molecule has 2 aromatic carbocycles. The van der Waals surface area contributed by atoms with E-state index < -0.39 is 0 Å². The molecule has 0 aliphatic heterocycles. The average molecular weight is 310 g/mol. The van der Waals surface area contributed by atoms with Crippen LogP contribution < -0.4 is 5.32 Å². The molecule has 4 heteroatoms. The van der Waals surface area contributed by atoms with Crippen LogP contribution in [0.4, 0.5) is 0 Å². The maximum Gasteiger partial charge on any atom is 0.115 e. The fourth-order valence-corrected chi connectivity index (χ4v) is 2.51. The molecule has 0 aromatic heterocycles. The van der Waals surface area contributed by atoms with Gasteiger partial charge in [-0.15, -0.1) is 0 Å². The summed E-state index contributed by atoms with van der Waals surface area (Å²) in [7, 11) is 0. The van der Waals surface area contributed by atoms with Gasteiger partial charge >= 0.3 is 0 Å². The minimum absolute atomic E-state index is 0.136. The lowest BCUT2D eigenvalue weighted by atomic mass is 9.98. The predicted octanol–water partition coefficient (Wildman–Crippen LogP) is 4.59. The van der Waals surface area contributed by atoms with Crippen molar-refractivity contribution in [2.24, 2.45) is 0 Å². The van der Waals surface area contributed by atoms with Crippen molar-refractivity contribution < 1.29 is 5.11 Å². The third kappa shape index (κ3) is 3.89. The summed E-state index contributed by atoms with van der Waals surface area (Å²) < 4.78 is 0. The van der Waals surface area contributed by atoms with E-state index in [1.807, 2.05) is 30.3 Å². The van der Waals surface area contributed by atoms with E-state index in [1.54, 1.807) is 12.1 Å². The Morgan fingerprint density at radius 3 is 2.55 bits per heavy atom. The summed E-state index contributed by atoms with van der Waals surface area (Å²) in [5.41, 5.74) is 2.16. The molecule has 20 heavy (non-hydrogen) atoms. The number of aromatic hydroxyl groups is 1. The van der Waals surface area contributed by atoms with E-state index in [9.17, 15) is 5.11 Å². The molecule has 1 unspecified atom stereocenters. The second-order valence-electron chi connectivity index (χ2n) is 4.66. The van der Waals surface area contributed by atoms with Crippen LogP contribution >= 0.6 is 23.2 Å². The van der Waals surface area contributed by atoms with E-state index in [4.69, 9.17) is 23.2 Å². The first-order valence-corrected chi connectivity index (χ1v) is 7.32. The summed E-state index contributed by atoms with van der Waals surface area (Å²) in [6, 6.07) is 13.1. The molecule has 0 radical (unpaired) electrons. The molecule has 2 nitrogen and oxygen atoms in total. The van der Waals surface area contributed by atoms with Crippen LogP contribution in [0.5, 0.6) is 5.75 Å². The highest BCUT2D eigenvalue weighted by atomic mass is 35.5. The Labute approximate surface area is 129 Å². The van der Waals surface area contributed by atoms with Crippen molar-refractivity contribution >= 4 is 23.2 Å². The van der Waals surface area contributed by atoms with Gasteiger partial charge in [0, 0.05) is 6.04 Å². The number of nitrogens with one attached hydrogen (secondary N) is 1. The van der Waals surface area contributed by atoms with E-state index in [0.29, 0.717) is 10.0 Å². The molecule has 0 fully saturated rings. The number of likely N-dealkylation sites (N-methyl/N-ethyl adjacent to an activating group) is 1. The zero-order chi connectivity index (χ0) is 14.5. The first-order valence-electron chi connectivity index (χ1n) is 6.56. The molecule has 0 aliphatic carbocycles. The summed E-state index contributed by atoms with van der Waals surface area (Å²) >= 11 is 12.0. The number of rotatable bonds is 5. The smallest absolute Gasteiger partial charge is 0.115 e. The molecule has 2 rings (SSSR count). The number of hydrogen-bond acceptors (Lipinski definition) is 2. The SMILES string of the molecule is CCNC(Cc1cccc(O)c1)c1ccc(Cl)c(Cl)c1. The highest BCUT2D eigenvalue weighted by Crippen LogP contribution is 2.27. The van der Waals surface area contributed by atoms with Gasteiger partial charge in [0.15, 0.2) is 0 Å². The molecular weight excluding hydrogens is 293 g/mol. The fraction of sp³-hybridized carbons (Fsp3) is 0.250. The van der Waals surface area contributed by atoms with Gasteiger partial charge < -0.3 is 10.4 Å². The Morgan fingerprint density at radius 2 is 1.90 bits per heavy atom. The topological polar surface area (TPSA) is 32.3 Å². The fourth-order valence-electron chi connectivity index (χ4n) is 2.20. The van der Waals surface area contributed by atoms with Crippen LogP contribution in [0.2, 0.25) is 10.0 Å². The highest BCUT2D eigenvalue weighted by molar-refractivity contribution is 6.42. The molecule has 0 heterocycles. The van der Waals surface area contributed by atoms with Crippen LogP contribution in [0, 0.1) is 0 Å².